The molecule has 1 amide bonds. The number of likely N-dealkylation sites (tertiary alicyclic amines) is 1. The lowest BCUT2D eigenvalue weighted by Crippen LogP contribution is -2.41. The molecule has 1 heterocycles. The van der Waals surface area contributed by atoms with E-state index in [0.29, 0.717) is 25.6 Å². The van der Waals surface area contributed by atoms with Gasteiger partial charge in [-0.15, -0.1) is 0 Å². The Morgan fingerprint density at radius 3 is 3.11 bits per heavy atom. The molecule has 104 valence electrons. The molecule has 0 aromatic heterocycles. The van der Waals surface area contributed by atoms with Crippen molar-refractivity contribution in [3.8, 4) is 0 Å². The average molecular weight is 266 g/mol. The third-order valence-corrected chi connectivity index (χ3v) is 3.49. The highest BCUT2D eigenvalue weighted by Gasteiger charge is 2.25. The number of ether oxygens (including phenoxy) is 1. The Hall–Kier alpha value is -1.62. The van der Waals surface area contributed by atoms with E-state index in [0.717, 1.165) is 12.8 Å². The van der Waals surface area contributed by atoms with Gasteiger partial charge in [-0.05, 0) is 30.9 Å². The van der Waals surface area contributed by atoms with E-state index in [4.69, 9.17) is 10.5 Å². The molecule has 1 aliphatic rings. The number of hydrogen-bond donors (Lipinski definition) is 1. The van der Waals surface area contributed by atoms with E-state index < -0.39 is 5.82 Å². The predicted octanol–water partition coefficient (Wildman–Crippen LogP) is 1.91. The summed E-state index contributed by atoms with van der Waals surface area (Å²) in [7, 11) is 1.66. The first kappa shape index (κ1) is 13.8. The lowest BCUT2D eigenvalue weighted by molar-refractivity contribution is 0.0571. The number of methoxy groups -OCH3 is 1. The summed E-state index contributed by atoms with van der Waals surface area (Å²) in [4.78, 5) is 14.1. The molecule has 1 atom stereocenters. The number of halogens is 1. The number of nitrogens with zero attached hydrogens (tertiary/aromatic N) is 1. The van der Waals surface area contributed by atoms with Crippen LogP contribution in [-0.4, -0.2) is 37.6 Å². The van der Waals surface area contributed by atoms with Gasteiger partial charge in [0, 0.05) is 20.2 Å². The first-order valence-corrected chi connectivity index (χ1v) is 6.45. The molecule has 19 heavy (non-hydrogen) atoms. The number of para-hydroxylation sites is 1. The number of carbonyl (C=O) groups excluding carboxylic acids is 1. The van der Waals surface area contributed by atoms with Gasteiger partial charge in [0.2, 0.25) is 0 Å². The molecule has 5 heteroatoms. The van der Waals surface area contributed by atoms with Gasteiger partial charge in [0.05, 0.1) is 17.9 Å². The third-order valence-electron chi connectivity index (χ3n) is 3.49. The van der Waals surface area contributed by atoms with Crippen molar-refractivity contribution in [3.05, 3.63) is 29.6 Å². The number of benzene rings is 1. The molecule has 1 aromatic carbocycles. The van der Waals surface area contributed by atoms with Gasteiger partial charge >= 0.3 is 0 Å². The molecule has 1 fully saturated rings. The zero-order valence-electron chi connectivity index (χ0n) is 11.1. The monoisotopic (exact) mass is 266 g/mol. The van der Waals surface area contributed by atoms with Crippen molar-refractivity contribution in [2.75, 3.05) is 32.5 Å². The maximum atomic E-state index is 13.4. The average Bonchev–Trinajstić information content (AvgIpc) is 2.42. The highest BCUT2D eigenvalue weighted by molar-refractivity contribution is 5.99. The summed E-state index contributed by atoms with van der Waals surface area (Å²) >= 11 is 0. The van der Waals surface area contributed by atoms with Crippen molar-refractivity contribution in [2.24, 2.45) is 5.92 Å². The van der Waals surface area contributed by atoms with Crippen molar-refractivity contribution in [3.63, 3.8) is 0 Å². The number of anilines is 1. The van der Waals surface area contributed by atoms with Gasteiger partial charge in [-0.25, -0.2) is 4.39 Å². The first-order chi connectivity index (χ1) is 9.13. The van der Waals surface area contributed by atoms with E-state index in [9.17, 15) is 9.18 Å². The lowest BCUT2D eigenvalue weighted by atomic mass is 9.98. The Kier molecular flexibility index (Phi) is 4.37. The van der Waals surface area contributed by atoms with E-state index in [1.807, 2.05) is 0 Å². The van der Waals surface area contributed by atoms with Crippen molar-refractivity contribution >= 4 is 11.6 Å². The summed E-state index contributed by atoms with van der Waals surface area (Å²) in [5.74, 6) is -0.397. The van der Waals surface area contributed by atoms with Crippen LogP contribution in [0, 0.1) is 11.7 Å². The fourth-order valence-corrected chi connectivity index (χ4v) is 2.52. The molecule has 1 unspecified atom stereocenters. The van der Waals surface area contributed by atoms with Crippen LogP contribution in [0.2, 0.25) is 0 Å². The first-order valence-electron chi connectivity index (χ1n) is 6.45. The highest BCUT2D eigenvalue weighted by atomic mass is 19.1. The Labute approximate surface area is 112 Å². The number of nitrogen functional groups attached to an aromatic ring is 1. The number of amides is 1. The van der Waals surface area contributed by atoms with Crippen molar-refractivity contribution in [2.45, 2.75) is 12.8 Å². The fraction of sp³-hybridized carbons (Fsp3) is 0.500. The summed E-state index contributed by atoms with van der Waals surface area (Å²) in [6, 6.07) is 4.34. The highest BCUT2D eigenvalue weighted by Crippen LogP contribution is 2.22. The van der Waals surface area contributed by atoms with Crippen LogP contribution in [-0.2, 0) is 4.74 Å². The Bertz CT molecular complexity index is 463. The second kappa shape index (κ2) is 6.02. The van der Waals surface area contributed by atoms with Gasteiger partial charge in [0.1, 0.15) is 5.82 Å². The molecule has 0 radical (unpaired) electrons. The smallest absolute Gasteiger partial charge is 0.256 e. The number of hydrogen-bond acceptors (Lipinski definition) is 3. The van der Waals surface area contributed by atoms with Crippen molar-refractivity contribution in [1.82, 2.24) is 4.90 Å². The molecular formula is C14H19FN2O2. The lowest BCUT2D eigenvalue weighted by Gasteiger charge is -2.32. The second-order valence-electron chi connectivity index (χ2n) is 4.92. The Morgan fingerprint density at radius 2 is 2.37 bits per heavy atom. The molecule has 0 bridgehead atoms. The van der Waals surface area contributed by atoms with E-state index in [1.165, 1.54) is 12.1 Å². The van der Waals surface area contributed by atoms with Crippen LogP contribution >= 0.6 is 0 Å². The third kappa shape index (κ3) is 3.04. The maximum Gasteiger partial charge on any atom is 0.256 e. The van der Waals surface area contributed by atoms with Crippen LogP contribution in [0.25, 0.3) is 0 Å². The minimum atomic E-state index is -0.545. The van der Waals surface area contributed by atoms with E-state index in [1.54, 1.807) is 18.1 Å². The van der Waals surface area contributed by atoms with Crippen LogP contribution in [0.3, 0.4) is 0 Å². The zero-order valence-corrected chi connectivity index (χ0v) is 11.1. The minimum absolute atomic E-state index is 0.0682. The SMILES string of the molecule is COCC1CCCN(C(=O)c2cccc(F)c2N)C1. The standard InChI is InChI=1S/C14H19FN2O2/c1-19-9-10-4-3-7-17(8-10)14(18)11-5-2-6-12(15)13(11)16/h2,5-6,10H,3-4,7-9,16H2,1H3. The predicted molar refractivity (Wildman–Crippen MR) is 71.3 cm³/mol. The van der Waals surface area contributed by atoms with Gasteiger partial charge in [-0.3, -0.25) is 4.79 Å². The molecule has 0 spiro atoms. The van der Waals surface area contributed by atoms with E-state index in [2.05, 4.69) is 0 Å². The van der Waals surface area contributed by atoms with E-state index >= 15 is 0 Å². The topological polar surface area (TPSA) is 55.6 Å². The molecule has 1 aromatic rings. The van der Waals surface area contributed by atoms with Gasteiger partial charge in [0.15, 0.2) is 0 Å². The molecule has 2 rings (SSSR count). The van der Waals surface area contributed by atoms with Crippen LogP contribution in [0.5, 0.6) is 0 Å². The quantitative estimate of drug-likeness (QED) is 0.850. The summed E-state index contributed by atoms with van der Waals surface area (Å²) in [6.45, 7) is 1.97. The summed E-state index contributed by atoms with van der Waals surface area (Å²) in [5, 5.41) is 0. The summed E-state index contributed by atoms with van der Waals surface area (Å²) in [6.07, 6.45) is 1.99. The van der Waals surface area contributed by atoms with Crippen LogP contribution < -0.4 is 5.73 Å². The normalized spacial score (nSPS) is 19.5. The summed E-state index contributed by atoms with van der Waals surface area (Å²) in [5.41, 5.74) is 5.82. The van der Waals surface area contributed by atoms with Crippen LogP contribution in [0.4, 0.5) is 10.1 Å². The van der Waals surface area contributed by atoms with Gasteiger partial charge < -0.3 is 15.4 Å². The Balaban J connectivity index is 2.12. The van der Waals surface area contributed by atoms with Crippen molar-refractivity contribution in [1.29, 1.82) is 0 Å². The van der Waals surface area contributed by atoms with Crippen LogP contribution in [0.1, 0.15) is 23.2 Å². The molecule has 2 N–H and O–H groups in total. The van der Waals surface area contributed by atoms with Gasteiger partial charge in [0.25, 0.3) is 5.91 Å². The molecule has 4 nitrogen and oxygen atoms in total. The molecule has 1 saturated heterocycles. The van der Waals surface area contributed by atoms with Gasteiger partial charge in [-0.2, -0.15) is 0 Å². The Morgan fingerprint density at radius 1 is 1.58 bits per heavy atom. The van der Waals surface area contributed by atoms with Crippen molar-refractivity contribution < 1.29 is 13.9 Å². The van der Waals surface area contributed by atoms with Crippen LogP contribution in [0.15, 0.2) is 18.2 Å². The number of piperidine rings is 1. The minimum Gasteiger partial charge on any atom is -0.396 e. The number of nitrogens with two attached hydrogens (primary N) is 1. The second-order valence-corrected chi connectivity index (χ2v) is 4.92. The maximum absolute atomic E-state index is 13.4. The van der Waals surface area contributed by atoms with Gasteiger partial charge in [-0.1, -0.05) is 6.07 Å². The fourth-order valence-electron chi connectivity index (χ4n) is 2.52. The molecule has 0 aliphatic carbocycles. The van der Waals surface area contributed by atoms with E-state index in [-0.39, 0.29) is 17.2 Å². The number of rotatable bonds is 3. The number of carbonyl (C=O) groups is 1. The molecule has 0 saturated carbocycles. The molecular weight excluding hydrogens is 247 g/mol. The zero-order chi connectivity index (χ0) is 13.8. The largest absolute Gasteiger partial charge is 0.396 e. The molecule has 1 aliphatic heterocycles. The summed E-state index contributed by atoms with van der Waals surface area (Å²) < 4.78 is 18.5.